The highest BCUT2D eigenvalue weighted by atomic mass is 35.5. The number of benzene rings is 1. The molecule has 0 aliphatic carbocycles. The second-order valence-corrected chi connectivity index (χ2v) is 6.95. The lowest BCUT2D eigenvalue weighted by Gasteiger charge is -2.37. The SMILES string of the molecule is CCN(CC(=O)O)C1CCN(C(=O)c2ccc3ccc(Cl)cc3n2)CC1. The van der Waals surface area contributed by atoms with Gasteiger partial charge in [0.05, 0.1) is 12.1 Å². The number of carbonyl (C=O) groups excluding carboxylic acids is 1. The van der Waals surface area contributed by atoms with Crippen molar-refractivity contribution in [2.24, 2.45) is 0 Å². The van der Waals surface area contributed by atoms with E-state index in [0.717, 1.165) is 18.2 Å². The molecule has 1 fully saturated rings. The molecule has 138 valence electrons. The lowest BCUT2D eigenvalue weighted by Crippen LogP contribution is -2.48. The zero-order chi connectivity index (χ0) is 18.7. The van der Waals surface area contributed by atoms with Crippen molar-refractivity contribution in [1.82, 2.24) is 14.8 Å². The van der Waals surface area contributed by atoms with Crippen LogP contribution in [0.25, 0.3) is 10.9 Å². The Morgan fingerprint density at radius 3 is 2.62 bits per heavy atom. The number of likely N-dealkylation sites (N-methyl/N-ethyl adjacent to an activating group) is 1. The van der Waals surface area contributed by atoms with Crippen LogP contribution in [-0.4, -0.2) is 64.0 Å². The first kappa shape index (κ1) is 18.6. The molecule has 1 aliphatic heterocycles. The minimum atomic E-state index is -0.815. The van der Waals surface area contributed by atoms with Gasteiger partial charge in [-0.3, -0.25) is 14.5 Å². The van der Waals surface area contributed by atoms with Crippen molar-refractivity contribution in [3.8, 4) is 0 Å². The molecule has 1 aromatic carbocycles. The van der Waals surface area contributed by atoms with E-state index < -0.39 is 5.97 Å². The van der Waals surface area contributed by atoms with Crippen LogP contribution in [0.1, 0.15) is 30.3 Å². The molecule has 2 heterocycles. The third-order valence-electron chi connectivity index (χ3n) is 4.89. The predicted molar refractivity (Wildman–Crippen MR) is 101 cm³/mol. The second-order valence-electron chi connectivity index (χ2n) is 6.51. The maximum absolute atomic E-state index is 12.8. The molecule has 6 nitrogen and oxygen atoms in total. The summed E-state index contributed by atoms with van der Waals surface area (Å²) in [6, 6.07) is 9.26. The van der Waals surface area contributed by atoms with Crippen LogP contribution in [0, 0.1) is 0 Å². The first-order valence-electron chi connectivity index (χ1n) is 8.79. The number of carbonyl (C=O) groups is 2. The van der Waals surface area contributed by atoms with E-state index in [4.69, 9.17) is 16.7 Å². The third kappa shape index (κ3) is 4.14. The number of amides is 1. The molecule has 0 radical (unpaired) electrons. The van der Waals surface area contributed by atoms with Gasteiger partial charge in [0.25, 0.3) is 5.91 Å². The lowest BCUT2D eigenvalue weighted by molar-refractivity contribution is -0.139. The molecule has 1 saturated heterocycles. The molecule has 1 N–H and O–H groups in total. The van der Waals surface area contributed by atoms with Gasteiger partial charge in [-0.1, -0.05) is 30.7 Å². The molecule has 2 aromatic rings. The van der Waals surface area contributed by atoms with Crippen molar-refractivity contribution in [1.29, 1.82) is 0 Å². The van der Waals surface area contributed by atoms with E-state index in [9.17, 15) is 9.59 Å². The summed E-state index contributed by atoms with van der Waals surface area (Å²) in [6.07, 6.45) is 1.54. The molecule has 3 rings (SSSR count). The van der Waals surface area contributed by atoms with Crippen molar-refractivity contribution in [3.63, 3.8) is 0 Å². The topological polar surface area (TPSA) is 73.7 Å². The number of nitrogens with zero attached hydrogens (tertiary/aromatic N) is 3. The number of aromatic nitrogens is 1. The van der Waals surface area contributed by atoms with Crippen LogP contribution in [0.15, 0.2) is 30.3 Å². The highest BCUT2D eigenvalue weighted by Crippen LogP contribution is 2.21. The highest BCUT2D eigenvalue weighted by molar-refractivity contribution is 6.31. The van der Waals surface area contributed by atoms with Gasteiger partial charge < -0.3 is 10.0 Å². The van der Waals surface area contributed by atoms with E-state index in [-0.39, 0.29) is 18.5 Å². The van der Waals surface area contributed by atoms with E-state index in [0.29, 0.717) is 35.9 Å². The first-order chi connectivity index (χ1) is 12.5. The third-order valence-corrected chi connectivity index (χ3v) is 5.12. The van der Waals surface area contributed by atoms with E-state index in [2.05, 4.69) is 4.98 Å². The maximum Gasteiger partial charge on any atom is 0.317 e. The molecule has 0 saturated carbocycles. The Balaban J connectivity index is 1.67. The molecule has 1 aromatic heterocycles. The zero-order valence-electron chi connectivity index (χ0n) is 14.7. The molecule has 7 heteroatoms. The first-order valence-corrected chi connectivity index (χ1v) is 9.17. The number of rotatable bonds is 5. The van der Waals surface area contributed by atoms with Gasteiger partial charge in [0, 0.05) is 29.5 Å². The Morgan fingerprint density at radius 1 is 1.27 bits per heavy atom. The van der Waals surface area contributed by atoms with Gasteiger partial charge in [0.15, 0.2) is 0 Å². The average molecular weight is 376 g/mol. The Bertz CT molecular complexity index is 819. The number of hydrogen-bond donors (Lipinski definition) is 1. The Labute approximate surface area is 157 Å². The van der Waals surface area contributed by atoms with Crippen molar-refractivity contribution in [2.75, 3.05) is 26.2 Å². The van der Waals surface area contributed by atoms with Gasteiger partial charge in [-0.15, -0.1) is 0 Å². The van der Waals surface area contributed by atoms with Crippen molar-refractivity contribution in [3.05, 3.63) is 41.0 Å². The number of carboxylic acid groups (broad SMARTS) is 1. The van der Waals surface area contributed by atoms with Gasteiger partial charge in [-0.25, -0.2) is 4.98 Å². The number of pyridine rings is 1. The number of fused-ring (bicyclic) bond motifs is 1. The summed E-state index contributed by atoms with van der Waals surface area (Å²) in [6.45, 7) is 3.91. The smallest absolute Gasteiger partial charge is 0.317 e. The standard InChI is InChI=1S/C19H22ClN3O3/c1-2-22(12-18(24)25)15-7-9-23(10-8-15)19(26)16-6-4-13-3-5-14(20)11-17(13)21-16/h3-6,11,15H,2,7-10,12H2,1H3,(H,24,25). The summed E-state index contributed by atoms with van der Waals surface area (Å²) in [5.41, 5.74) is 1.12. The van der Waals surface area contributed by atoms with Crippen molar-refractivity contribution < 1.29 is 14.7 Å². The number of carboxylic acids is 1. The van der Waals surface area contributed by atoms with E-state index >= 15 is 0 Å². The molecular weight excluding hydrogens is 354 g/mol. The Kier molecular flexibility index (Phi) is 5.74. The fourth-order valence-corrected chi connectivity index (χ4v) is 3.64. The molecule has 0 bridgehead atoms. The van der Waals surface area contributed by atoms with Crippen LogP contribution < -0.4 is 0 Å². The van der Waals surface area contributed by atoms with Gasteiger partial charge in [-0.05, 0) is 37.6 Å². The summed E-state index contributed by atoms with van der Waals surface area (Å²) in [5, 5.41) is 10.5. The largest absolute Gasteiger partial charge is 0.480 e. The van der Waals surface area contributed by atoms with Gasteiger partial charge in [0.2, 0.25) is 0 Å². The Hall–Kier alpha value is -2.18. The molecule has 0 atom stereocenters. The predicted octanol–water partition coefficient (Wildman–Crippen LogP) is 2.90. The number of aliphatic carboxylic acids is 1. The van der Waals surface area contributed by atoms with Crippen LogP contribution in [-0.2, 0) is 4.79 Å². The molecule has 1 aliphatic rings. The van der Waals surface area contributed by atoms with Gasteiger partial charge in [0.1, 0.15) is 5.69 Å². The molecule has 26 heavy (non-hydrogen) atoms. The van der Waals surface area contributed by atoms with Gasteiger partial charge in [-0.2, -0.15) is 0 Å². The van der Waals surface area contributed by atoms with Crippen LogP contribution in [0.5, 0.6) is 0 Å². The van der Waals surface area contributed by atoms with E-state index in [1.165, 1.54) is 0 Å². The molecule has 0 unspecified atom stereocenters. The highest BCUT2D eigenvalue weighted by Gasteiger charge is 2.28. The Morgan fingerprint density at radius 2 is 1.96 bits per heavy atom. The fourth-order valence-electron chi connectivity index (χ4n) is 3.48. The summed E-state index contributed by atoms with van der Waals surface area (Å²) in [4.78, 5) is 32.0. The molecule has 0 spiro atoms. The number of hydrogen-bond acceptors (Lipinski definition) is 4. The van der Waals surface area contributed by atoms with Crippen LogP contribution in [0.3, 0.4) is 0 Å². The molecule has 1 amide bonds. The van der Waals surface area contributed by atoms with Crippen LogP contribution in [0.4, 0.5) is 0 Å². The number of likely N-dealkylation sites (tertiary alicyclic amines) is 1. The normalized spacial score (nSPS) is 15.6. The minimum absolute atomic E-state index is 0.0438. The minimum Gasteiger partial charge on any atom is -0.480 e. The second kappa shape index (κ2) is 8.01. The monoisotopic (exact) mass is 375 g/mol. The van der Waals surface area contributed by atoms with Gasteiger partial charge >= 0.3 is 5.97 Å². The summed E-state index contributed by atoms with van der Waals surface area (Å²) in [5.74, 6) is -0.906. The van der Waals surface area contributed by atoms with Crippen LogP contribution in [0.2, 0.25) is 5.02 Å². The molecular formula is C19H22ClN3O3. The van der Waals surface area contributed by atoms with E-state index in [1.807, 2.05) is 24.0 Å². The maximum atomic E-state index is 12.8. The zero-order valence-corrected chi connectivity index (χ0v) is 15.4. The quantitative estimate of drug-likeness (QED) is 0.869. The fraction of sp³-hybridized carbons (Fsp3) is 0.421. The number of halogens is 1. The lowest BCUT2D eigenvalue weighted by atomic mass is 10.0. The van der Waals surface area contributed by atoms with Crippen LogP contribution >= 0.6 is 11.6 Å². The van der Waals surface area contributed by atoms with Crippen molar-refractivity contribution in [2.45, 2.75) is 25.8 Å². The number of piperidine rings is 1. The summed E-state index contributed by atoms with van der Waals surface area (Å²) >= 11 is 6.01. The van der Waals surface area contributed by atoms with Crippen molar-refractivity contribution >= 4 is 34.4 Å². The van der Waals surface area contributed by atoms with E-state index in [1.54, 1.807) is 23.1 Å². The summed E-state index contributed by atoms with van der Waals surface area (Å²) in [7, 11) is 0. The summed E-state index contributed by atoms with van der Waals surface area (Å²) < 4.78 is 0. The average Bonchev–Trinajstić information content (AvgIpc) is 2.65.